The molecule has 1 atom stereocenters. The number of hydrogen-bond donors (Lipinski definition) is 2. The molecule has 1 unspecified atom stereocenters. The van der Waals surface area contributed by atoms with E-state index in [-0.39, 0.29) is 6.09 Å². The summed E-state index contributed by atoms with van der Waals surface area (Å²) < 4.78 is 5.25. The average molecular weight is 262 g/mol. The van der Waals surface area contributed by atoms with Gasteiger partial charge >= 0.3 is 6.09 Å². The largest absolute Gasteiger partial charge is 0.444 e. The second-order valence-corrected chi connectivity index (χ2v) is 5.91. The molecule has 1 aromatic carbocycles. The Labute approximate surface area is 114 Å². The molecule has 0 saturated heterocycles. The van der Waals surface area contributed by atoms with Gasteiger partial charge < -0.3 is 15.4 Å². The van der Waals surface area contributed by atoms with E-state index in [1.165, 1.54) is 11.1 Å². The van der Waals surface area contributed by atoms with Crippen LogP contribution in [0.5, 0.6) is 0 Å². The number of amides is 1. The van der Waals surface area contributed by atoms with Gasteiger partial charge in [0.25, 0.3) is 0 Å². The van der Waals surface area contributed by atoms with Crippen molar-refractivity contribution in [2.45, 2.75) is 38.8 Å². The van der Waals surface area contributed by atoms with Crippen molar-refractivity contribution in [2.24, 2.45) is 0 Å². The third-order valence-corrected chi connectivity index (χ3v) is 3.09. The van der Waals surface area contributed by atoms with Crippen molar-refractivity contribution in [1.29, 1.82) is 0 Å². The lowest BCUT2D eigenvalue weighted by Gasteiger charge is -2.27. The standard InChI is InChI=1S/C15H22N2O2/c1-15(2,3)19-14(18)17-10-12-9-16-8-11-6-4-5-7-13(11)12/h4-7,12,16H,8-10H2,1-3H3,(H,17,18). The number of fused-ring (bicyclic) bond motifs is 1. The van der Waals surface area contributed by atoms with Gasteiger partial charge in [0.15, 0.2) is 0 Å². The highest BCUT2D eigenvalue weighted by Crippen LogP contribution is 2.23. The second kappa shape index (κ2) is 5.61. The van der Waals surface area contributed by atoms with Gasteiger partial charge in [-0.15, -0.1) is 0 Å². The average Bonchev–Trinajstić information content (AvgIpc) is 2.34. The summed E-state index contributed by atoms with van der Waals surface area (Å²) in [6.45, 7) is 7.98. The molecule has 0 aliphatic carbocycles. The minimum Gasteiger partial charge on any atom is -0.444 e. The van der Waals surface area contributed by atoms with Crippen LogP contribution < -0.4 is 10.6 Å². The van der Waals surface area contributed by atoms with E-state index in [1.807, 2.05) is 32.9 Å². The first kappa shape index (κ1) is 13.9. The molecular weight excluding hydrogens is 240 g/mol. The highest BCUT2D eigenvalue weighted by molar-refractivity contribution is 5.67. The summed E-state index contributed by atoms with van der Waals surface area (Å²) in [5.74, 6) is 0.303. The number of benzene rings is 1. The molecule has 2 N–H and O–H groups in total. The Kier molecular flexibility index (Phi) is 4.10. The van der Waals surface area contributed by atoms with E-state index in [9.17, 15) is 4.79 Å². The van der Waals surface area contributed by atoms with E-state index < -0.39 is 5.60 Å². The normalized spacial score (nSPS) is 18.6. The predicted octanol–water partition coefficient (Wildman–Crippen LogP) is 2.40. The van der Waals surface area contributed by atoms with Crippen molar-refractivity contribution in [2.75, 3.05) is 13.1 Å². The number of carbonyl (C=O) groups is 1. The number of hydrogen-bond acceptors (Lipinski definition) is 3. The smallest absolute Gasteiger partial charge is 0.407 e. The highest BCUT2D eigenvalue weighted by atomic mass is 16.6. The van der Waals surface area contributed by atoms with Crippen LogP contribution in [0.3, 0.4) is 0 Å². The summed E-state index contributed by atoms with van der Waals surface area (Å²) in [5, 5.41) is 6.22. The first-order valence-corrected chi connectivity index (χ1v) is 6.71. The van der Waals surface area contributed by atoms with E-state index in [0.717, 1.165) is 13.1 Å². The van der Waals surface area contributed by atoms with Crippen molar-refractivity contribution in [3.63, 3.8) is 0 Å². The minimum absolute atomic E-state index is 0.303. The molecule has 1 amide bonds. The van der Waals surface area contributed by atoms with Crippen LogP contribution in [0.1, 0.15) is 37.8 Å². The maximum absolute atomic E-state index is 11.7. The van der Waals surface area contributed by atoms with Crippen molar-refractivity contribution < 1.29 is 9.53 Å². The van der Waals surface area contributed by atoms with E-state index in [2.05, 4.69) is 22.8 Å². The number of carbonyl (C=O) groups excluding carboxylic acids is 1. The lowest BCUT2D eigenvalue weighted by molar-refractivity contribution is 0.0524. The third kappa shape index (κ3) is 3.96. The SMILES string of the molecule is CC(C)(C)OC(=O)NCC1CNCc2ccccc21. The van der Waals surface area contributed by atoms with E-state index >= 15 is 0 Å². The summed E-state index contributed by atoms with van der Waals surface area (Å²) >= 11 is 0. The van der Waals surface area contributed by atoms with Crippen molar-refractivity contribution in [1.82, 2.24) is 10.6 Å². The third-order valence-electron chi connectivity index (χ3n) is 3.09. The Morgan fingerprint density at radius 2 is 2.16 bits per heavy atom. The van der Waals surface area contributed by atoms with Gasteiger partial charge in [0.1, 0.15) is 5.60 Å². The van der Waals surface area contributed by atoms with Crippen LogP contribution >= 0.6 is 0 Å². The highest BCUT2D eigenvalue weighted by Gasteiger charge is 2.21. The maximum atomic E-state index is 11.7. The minimum atomic E-state index is -0.452. The monoisotopic (exact) mass is 262 g/mol. The van der Waals surface area contributed by atoms with Crippen molar-refractivity contribution in [3.8, 4) is 0 Å². The summed E-state index contributed by atoms with van der Waals surface area (Å²) in [7, 11) is 0. The molecule has 0 saturated carbocycles. The number of alkyl carbamates (subject to hydrolysis) is 1. The topological polar surface area (TPSA) is 50.4 Å². The zero-order chi connectivity index (χ0) is 13.9. The van der Waals surface area contributed by atoms with Crippen molar-refractivity contribution in [3.05, 3.63) is 35.4 Å². The Hall–Kier alpha value is -1.55. The number of rotatable bonds is 2. The van der Waals surface area contributed by atoms with Crippen molar-refractivity contribution >= 4 is 6.09 Å². The van der Waals surface area contributed by atoms with Gasteiger partial charge in [-0.25, -0.2) is 4.79 Å². The van der Waals surface area contributed by atoms with E-state index in [4.69, 9.17) is 4.74 Å². The Morgan fingerprint density at radius 3 is 2.89 bits per heavy atom. The molecule has 104 valence electrons. The van der Waals surface area contributed by atoms with Crippen LogP contribution in [-0.2, 0) is 11.3 Å². The molecular formula is C15H22N2O2. The Bertz CT molecular complexity index is 452. The zero-order valence-corrected chi connectivity index (χ0v) is 11.8. The van der Waals surface area contributed by atoms with Gasteiger partial charge in [0.2, 0.25) is 0 Å². The summed E-state index contributed by atoms with van der Waals surface area (Å²) in [6, 6.07) is 8.36. The molecule has 19 heavy (non-hydrogen) atoms. The quantitative estimate of drug-likeness (QED) is 0.860. The van der Waals surface area contributed by atoms with E-state index in [1.54, 1.807) is 0 Å². The van der Waals surface area contributed by atoms with Gasteiger partial charge in [-0.05, 0) is 31.9 Å². The molecule has 0 bridgehead atoms. The molecule has 4 heteroatoms. The van der Waals surface area contributed by atoms with Crippen LogP contribution in [-0.4, -0.2) is 24.8 Å². The molecule has 1 aromatic rings. The molecule has 2 rings (SSSR count). The fourth-order valence-corrected chi connectivity index (χ4v) is 2.29. The Morgan fingerprint density at radius 1 is 1.42 bits per heavy atom. The van der Waals surface area contributed by atoms with Gasteiger partial charge in [0, 0.05) is 25.6 Å². The van der Waals surface area contributed by atoms with Crippen LogP contribution in [0.15, 0.2) is 24.3 Å². The maximum Gasteiger partial charge on any atom is 0.407 e. The molecule has 4 nitrogen and oxygen atoms in total. The molecule has 0 aromatic heterocycles. The zero-order valence-electron chi connectivity index (χ0n) is 11.8. The van der Waals surface area contributed by atoms with Gasteiger partial charge in [0.05, 0.1) is 0 Å². The van der Waals surface area contributed by atoms with Crippen LogP contribution in [0.25, 0.3) is 0 Å². The number of ether oxygens (including phenoxy) is 1. The van der Waals surface area contributed by atoms with Crippen LogP contribution in [0.2, 0.25) is 0 Å². The van der Waals surface area contributed by atoms with Crippen LogP contribution in [0.4, 0.5) is 4.79 Å². The van der Waals surface area contributed by atoms with Gasteiger partial charge in [-0.3, -0.25) is 0 Å². The molecule has 0 radical (unpaired) electrons. The molecule has 1 aliphatic rings. The summed E-state index contributed by atoms with van der Waals surface area (Å²) in [5.41, 5.74) is 2.18. The Balaban J connectivity index is 1.93. The lowest BCUT2D eigenvalue weighted by atomic mass is 9.91. The molecule has 0 fully saturated rings. The molecule has 0 spiro atoms. The van der Waals surface area contributed by atoms with E-state index in [0.29, 0.717) is 12.5 Å². The van der Waals surface area contributed by atoms with Crippen LogP contribution in [0, 0.1) is 0 Å². The second-order valence-electron chi connectivity index (χ2n) is 5.91. The fraction of sp³-hybridized carbons (Fsp3) is 0.533. The molecule has 1 heterocycles. The first-order valence-electron chi connectivity index (χ1n) is 6.71. The van der Waals surface area contributed by atoms with Gasteiger partial charge in [-0.1, -0.05) is 24.3 Å². The molecule has 1 aliphatic heterocycles. The predicted molar refractivity (Wildman–Crippen MR) is 75.1 cm³/mol. The van der Waals surface area contributed by atoms with Gasteiger partial charge in [-0.2, -0.15) is 0 Å². The summed E-state index contributed by atoms with van der Waals surface area (Å²) in [4.78, 5) is 11.7. The summed E-state index contributed by atoms with van der Waals surface area (Å²) in [6.07, 6.45) is -0.351. The number of nitrogens with one attached hydrogen (secondary N) is 2. The first-order chi connectivity index (χ1) is 8.96. The fourth-order valence-electron chi connectivity index (χ4n) is 2.29. The lowest BCUT2D eigenvalue weighted by Crippen LogP contribution is -2.39.